The van der Waals surface area contributed by atoms with Gasteiger partial charge in [-0.05, 0) is 12.8 Å². The average Bonchev–Trinajstić information content (AvgIpc) is 2.48. The van der Waals surface area contributed by atoms with Gasteiger partial charge in [-0.1, -0.05) is 6.42 Å². The van der Waals surface area contributed by atoms with Gasteiger partial charge in [-0.2, -0.15) is 5.26 Å². The van der Waals surface area contributed by atoms with Crippen LogP contribution in [0.1, 0.15) is 19.3 Å². The molecule has 0 aromatic heterocycles. The largest absolute Gasteiger partial charge is 0.308 e. The van der Waals surface area contributed by atoms with Crippen LogP contribution in [0.4, 0.5) is 0 Å². The third-order valence-corrected chi connectivity index (χ3v) is 4.86. The van der Waals surface area contributed by atoms with Crippen LogP contribution >= 0.6 is 0 Å². The molecular formula is C9H14N2O2S. The molecule has 2 aliphatic rings. The summed E-state index contributed by atoms with van der Waals surface area (Å²) < 4.78 is 21.8. The molecule has 0 bridgehead atoms. The predicted octanol–water partition coefficient (Wildman–Crippen LogP) is 0.0653. The lowest BCUT2D eigenvalue weighted by molar-refractivity contribution is 0.409. The topological polar surface area (TPSA) is 70.0 Å². The molecule has 1 saturated carbocycles. The number of nitrogens with one attached hydrogen (secondary N) is 1. The fourth-order valence-electron chi connectivity index (χ4n) is 2.28. The predicted molar refractivity (Wildman–Crippen MR) is 52.3 cm³/mol. The van der Waals surface area contributed by atoms with Crippen molar-refractivity contribution in [2.45, 2.75) is 31.3 Å². The van der Waals surface area contributed by atoms with Crippen molar-refractivity contribution in [1.29, 1.82) is 5.26 Å². The Morgan fingerprint density at radius 1 is 1.29 bits per heavy atom. The van der Waals surface area contributed by atoms with Gasteiger partial charge in [0, 0.05) is 12.1 Å². The minimum Gasteiger partial charge on any atom is -0.308 e. The van der Waals surface area contributed by atoms with E-state index in [1.165, 1.54) is 0 Å². The fourth-order valence-corrected chi connectivity index (χ4v) is 3.60. The molecule has 1 aliphatic carbocycles. The lowest BCUT2D eigenvalue weighted by atomic mass is 10.1. The Morgan fingerprint density at radius 3 is 2.57 bits per heavy atom. The maximum atomic E-state index is 10.9. The summed E-state index contributed by atoms with van der Waals surface area (Å²) in [5, 5.41) is 12.1. The lowest BCUT2D eigenvalue weighted by Gasteiger charge is -2.30. The van der Waals surface area contributed by atoms with Crippen molar-refractivity contribution >= 4 is 9.84 Å². The normalized spacial score (nSPS) is 36.2. The van der Waals surface area contributed by atoms with E-state index in [-0.39, 0.29) is 29.5 Å². The zero-order valence-electron chi connectivity index (χ0n) is 7.94. The van der Waals surface area contributed by atoms with Crippen LogP contribution in [0.25, 0.3) is 0 Å². The molecule has 0 radical (unpaired) electrons. The first-order valence-electron chi connectivity index (χ1n) is 4.97. The molecule has 0 aromatic rings. The zero-order chi connectivity index (χ0) is 10.2. The zero-order valence-corrected chi connectivity index (χ0v) is 8.76. The maximum absolute atomic E-state index is 10.9. The summed E-state index contributed by atoms with van der Waals surface area (Å²) in [6.07, 6.45) is 3.04. The number of hydrogen-bond acceptors (Lipinski definition) is 4. The van der Waals surface area contributed by atoms with E-state index in [1.807, 2.05) is 0 Å². The van der Waals surface area contributed by atoms with Crippen molar-refractivity contribution in [2.75, 3.05) is 11.5 Å². The Hall–Kier alpha value is -0.600. The van der Waals surface area contributed by atoms with E-state index in [1.54, 1.807) is 0 Å². The number of nitriles is 1. The van der Waals surface area contributed by atoms with Gasteiger partial charge in [0.1, 0.15) is 0 Å². The van der Waals surface area contributed by atoms with E-state index in [0.717, 1.165) is 19.3 Å². The number of hydrogen-bond donors (Lipinski definition) is 1. The first-order valence-corrected chi connectivity index (χ1v) is 6.79. The van der Waals surface area contributed by atoms with E-state index >= 15 is 0 Å². The van der Waals surface area contributed by atoms with E-state index in [0.29, 0.717) is 0 Å². The van der Waals surface area contributed by atoms with Gasteiger partial charge in [0.15, 0.2) is 9.84 Å². The molecule has 5 heteroatoms. The molecule has 0 aromatic carbocycles. The Morgan fingerprint density at radius 2 is 2.00 bits per heavy atom. The van der Waals surface area contributed by atoms with Crippen molar-refractivity contribution in [1.82, 2.24) is 5.32 Å². The van der Waals surface area contributed by atoms with Crippen molar-refractivity contribution in [2.24, 2.45) is 5.92 Å². The summed E-state index contributed by atoms with van der Waals surface area (Å²) in [6, 6.07) is 2.60. The van der Waals surface area contributed by atoms with Gasteiger partial charge in [0.2, 0.25) is 0 Å². The smallest absolute Gasteiger partial charge is 0.153 e. The minimum absolute atomic E-state index is 0.0818. The number of nitrogens with zero attached hydrogens (tertiary/aromatic N) is 1. The molecule has 2 unspecified atom stereocenters. The molecule has 2 fully saturated rings. The Labute approximate surface area is 84.2 Å². The molecule has 0 amide bonds. The summed E-state index contributed by atoms with van der Waals surface area (Å²) in [6.45, 7) is 0. The van der Waals surface area contributed by atoms with Gasteiger partial charge in [0.25, 0.3) is 0 Å². The molecule has 2 rings (SSSR count). The SMILES string of the molecule is N#CC1CCCC1NC1CS(=O)(=O)C1. The monoisotopic (exact) mass is 214 g/mol. The third-order valence-electron chi connectivity index (χ3n) is 3.04. The Bertz CT molecular complexity index is 345. The van der Waals surface area contributed by atoms with Crippen LogP contribution in [-0.4, -0.2) is 32.0 Å². The molecule has 1 saturated heterocycles. The van der Waals surface area contributed by atoms with Crippen LogP contribution in [0.15, 0.2) is 0 Å². The van der Waals surface area contributed by atoms with Crippen LogP contribution in [0.2, 0.25) is 0 Å². The van der Waals surface area contributed by atoms with Gasteiger partial charge in [-0.15, -0.1) is 0 Å². The summed E-state index contributed by atoms with van der Waals surface area (Å²) in [5.41, 5.74) is 0. The minimum atomic E-state index is -2.74. The summed E-state index contributed by atoms with van der Waals surface area (Å²) >= 11 is 0. The number of sulfone groups is 1. The maximum Gasteiger partial charge on any atom is 0.153 e. The second-order valence-electron chi connectivity index (χ2n) is 4.21. The van der Waals surface area contributed by atoms with Gasteiger partial charge in [-0.3, -0.25) is 0 Å². The van der Waals surface area contributed by atoms with E-state index in [2.05, 4.69) is 11.4 Å². The van der Waals surface area contributed by atoms with E-state index in [4.69, 9.17) is 5.26 Å². The van der Waals surface area contributed by atoms with Crippen molar-refractivity contribution in [3.8, 4) is 6.07 Å². The van der Waals surface area contributed by atoms with E-state index < -0.39 is 9.84 Å². The quantitative estimate of drug-likeness (QED) is 0.706. The van der Waals surface area contributed by atoms with Crippen molar-refractivity contribution in [3.05, 3.63) is 0 Å². The number of rotatable bonds is 2. The molecule has 2 atom stereocenters. The molecule has 4 nitrogen and oxygen atoms in total. The Balaban J connectivity index is 1.85. The van der Waals surface area contributed by atoms with Crippen LogP contribution in [-0.2, 0) is 9.84 Å². The average molecular weight is 214 g/mol. The molecule has 78 valence electrons. The van der Waals surface area contributed by atoms with Crippen LogP contribution in [0.3, 0.4) is 0 Å². The molecule has 1 heterocycles. The first kappa shape index (κ1) is 9.94. The summed E-state index contributed by atoms with van der Waals surface area (Å²) in [7, 11) is -2.74. The second-order valence-corrected chi connectivity index (χ2v) is 6.37. The highest BCUT2D eigenvalue weighted by Gasteiger charge is 2.37. The third kappa shape index (κ3) is 1.91. The van der Waals surface area contributed by atoms with Crippen LogP contribution in [0.5, 0.6) is 0 Å². The molecule has 1 aliphatic heterocycles. The van der Waals surface area contributed by atoms with Crippen LogP contribution in [0, 0.1) is 17.2 Å². The van der Waals surface area contributed by atoms with Gasteiger partial charge in [-0.25, -0.2) is 8.42 Å². The summed E-state index contributed by atoms with van der Waals surface area (Å²) in [5.74, 6) is 0.585. The van der Waals surface area contributed by atoms with Crippen molar-refractivity contribution < 1.29 is 8.42 Å². The molecule has 1 N–H and O–H groups in total. The highest BCUT2D eigenvalue weighted by molar-refractivity contribution is 7.92. The second kappa shape index (κ2) is 3.52. The van der Waals surface area contributed by atoms with Gasteiger partial charge in [0.05, 0.1) is 23.5 Å². The molecule has 0 spiro atoms. The molecular weight excluding hydrogens is 200 g/mol. The van der Waals surface area contributed by atoms with Crippen LogP contribution < -0.4 is 5.32 Å². The Kier molecular flexibility index (Phi) is 2.50. The van der Waals surface area contributed by atoms with Gasteiger partial charge >= 0.3 is 0 Å². The highest BCUT2D eigenvalue weighted by atomic mass is 32.2. The molecule has 14 heavy (non-hydrogen) atoms. The summed E-state index contributed by atoms with van der Waals surface area (Å²) in [4.78, 5) is 0. The van der Waals surface area contributed by atoms with Crippen molar-refractivity contribution in [3.63, 3.8) is 0 Å². The van der Waals surface area contributed by atoms with Gasteiger partial charge < -0.3 is 5.32 Å². The highest BCUT2D eigenvalue weighted by Crippen LogP contribution is 2.26. The standard InChI is InChI=1S/C9H14N2O2S/c10-4-7-2-1-3-9(7)11-8-5-14(12,13)6-8/h7-9,11H,1-3,5-6H2. The lowest BCUT2D eigenvalue weighted by Crippen LogP contribution is -2.54. The first-order chi connectivity index (χ1) is 6.61. The van der Waals surface area contributed by atoms with E-state index in [9.17, 15) is 8.42 Å². The fraction of sp³-hybridized carbons (Fsp3) is 0.889.